The van der Waals surface area contributed by atoms with Crippen LogP contribution >= 0.6 is 0 Å². The quantitative estimate of drug-likeness (QED) is 0.769. The van der Waals surface area contributed by atoms with E-state index in [4.69, 9.17) is 0 Å². The van der Waals surface area contributed by atoms with Gasteiger partial charge in [-0.3, -0.25) is 0 Å². The molecule has 0 amide bonds. The Morgan fingerprint density at radius 3 is 1.61 bits per heavy atom. The summed E-state index contributed by atoms with van der Waals surface area (Å²) in [4.78, 5) is 0. The van der Waals surface area contributed by atoms with E-state index in [1.54, 1.807) is 12.1 Å². The summed E-state index contributed by atoms with van der Waals surface area (Å²) in [7, 11) is 0. The molecule has 1 aromatic carbocycles. The van der Waals surface area contributed by atoms with Crippen molar-refractivity contribution in [2.75, 3.05) is 0 Å². The summed E-state index contributed by atoms with van der Waals surface area (Å²) in [5, 5.41) is 9.46. The van der Waals surface area contributed by atoms with Crippen LogP contribution in [-0.4, -0.2) is 5.11 Å². The molecule has 1 atom stereocenters. The van der Waals surface area contributed by atoms with Crippen molar-refractivity contribution in [3.63, 3.8) is 0 Å². The van der Waals surface area contributed by atoms with E-state index in [0.29, 0.717) is 5.75 Å². The third kappa shape index (κ3) is 3.28. The first-order valence-corrected chi connectivity index (χ1v) is 6.75. The molecule has 0 saturated heterocycles. The molecule has 1 unspecified atom stereocenters. The van der Waals surface area contributed by atoms with E-state index in [1.807, 2.05) is 0 Å². The van der Waals surface area contributed by atoms with Gasteiger partial charge >= 0.3 is 0 Å². The van der Waals surface area contributed by atoms with Crippen molar-refractivity contribution in [2.24, 2.45) is 10.8 Å². The van der Waals surface area contributed by atoms with Gasteiger partial charge in [0.25, 0.3) is 0 Å². The smallest absolute Gasteiger partial charge is 0.115 e. The molecule has 102 valence electrons. The first-order chi connectivity index (χ1) is 7.96. The average Bonchev–Trinajstić information content (AvgIpc) is 2.13. The van der Waals surface area contributed by atoms with Crippen molar-refractivity contribution in [3.05, 3.63) is 29.8 Å². The lowest BCUT2D eigenvalue weighted by Crippen LogP contribution is -2.40. The average molecular weight is 248 g/mol. The second-order valence-electron chi connectivity index (χ2n) is 7.87. The van der Waals surface area contributed by atoms with Gasteiger partial charge < -0.3 is 5.11 Å². The minimum absolute atomic E-state index is 0.0962. The largest absolute Gasteiger partial charge is 0.508 e. The number of phenols is 1. The monoisotopic (exact) mass is 248 g/mol. The van der Waals surface area contributed by atoms with Crippen LogP contribution in [0.4, 0.5) is 0 Å². The number of aromatic hydroxyl groups is 1. The zero-order valence-corrected chi connectivity index (χ0v) is 13.0. The fraction of sp³-hybridized carbons (Fsp3) is 0.647. The van der Waals surface area contributed by atoms with E-state index in [2.05, 4.69) is 60.6 Å². The predicted octanol–water partition coefficient (Wildman–Crippen LogP) is 5.13. The number of hydrogen-bond acceptors (Lipinski definition) is 1. The molecule has 0 heterocycles. The van der Waals surface area contributed by atoms with E-state index in [-0.39, 0.29) is 16.2 Å². The van der Waals surface area contributed by atoms with Crippen LogP contribution < -0.4 is 0 Å². The van der Waals surface area contributed by atoms with Crippen LogP contribution in [0.25, 0.3) is 0 Å². The highest BCUT2D eigenvalue weighted by molar-refractivity contribution is 5.33. The minimum atomic E-state index is 0.0962. The molecule has 0 aliphatic heterocycles. The molecule has 1 nitrogen and oxygen atoms in total. The Morgan fingerprint density at radius 2 is 1.28 bits per heavy atom. The SMILES string of the molecule is CC(C)(C)CC(C)(c1ccc(O)cc1)C(C)(C)C. The fourth-order valence-corrected chi connectivity index (χ4v) is 2.69. The summed E-state index contributed by atoms with van der Waals surface area (Å²) in [6.07, 6.45) is 1.12. The van der Waals surface area contributed by atoms with Crippen molar-refractivity contribution >= 4 is 0 Å². The second-order valence-corrected chi connectivity index (χ2v) is 7.87. The Hall–Kier alpha value is -0.980. The van der Waals surface area contributed by atoms with E-state index in [0.717, 1.165) is 6.42 Å². The third-order valence-electron chi connectivity index (χ3n) is 4.04. The van der Waals surface area contributed by atoms with Crippen molar-refractivity contribution in [1.29, 1.82) is 0 Å². The molecule has 0 aliphatic rings. The summed E-state index contributed by atoms with van der Waals surface area (Å²) in [5.41, 5.74) is 1.86. The van der Waals surface area contributed by atoms with Gasteiger partial charge in [-0.15, -0.1) is 0 Å². The van der Waals surface area contributed by atoms with E-state index >= 15 is 0 Å². The summed E-state index contributed by atoms with van der Waals surface area (Å²) in [6.45, 7) is 16.1. The number of benzene rings is 1. The van der Waals surface area contributed by atoms with Crippen molar-refractivity contribution < 1.29 is 5.11 Å². The molecule has 0 aromatic heterocycles. The lowest BCUT2D eigenvalue weighted by Gasteiger charge is -2.46. The normalized spacial score (nSPS) is 16.4. The Morgan fingerprint density at radius 1 is 0.833 bits per heavy atom. The van der Waals surface area contributed by atoms with Gasteiger partial charge in [0.05, 0.1) is 0 Å². The standard InChI is InChI=1S/C17H28O/c1-15(2,3)12-17(7,16(4,5)6)13-8-10-14(18)11-9-13/h8-11,18H,12H2,1-7H3. The highest BCUT2D eigenvalue weighted by Crippen LogP contribution is 2.48. The van der Waals surface area contributed by atoms with E-state index < -0.39 is 0 Å². The molecule has 0 radical (unpaired) electrons. The Balaban J connectivity index is 3.25. The van der Waals surface area contributed by atoms with Crippen molar-refractivity contribution in [3.8, 4) is 5.75 Å². The minimum Gasteiger partial charge on any atom is -0.508 e. The molecule has 0 fully saturated rings. The summed E-state index contributed by atoms with van der Waals surface area (Å²) >= 11 is 0. The van der Waals surface area contributed by atoms with Crippen LogP contribution in [-0.2, 0) is 5.41 Å². The Kier molecular flexibility index (Phi) is 3.86. The summed E-state index contributed by atoms with van der Waals surface area (Å²) in [5.74, 6) is 0.339. The van der Waals surface area contributed by atoms with Gasteiger partial charge in [-0.05, 0) is 40.4 Å². The zero-order valence-electron chi connectivity index (χ0n) is 13.0. The molecule has 0 bridgehead atoms. The Labute approximate surface area is 112 Å². The van der Waals surface area contributed by atoms with Crippen molar-refractivity contribution in [1.82, 2.24) is 0 Å². The maximum atomic E-state index is 9.46. The second kappa shape index (κ2) is 4.60. The first kappa shape index (κ1) is 15.1. The van der Waals surface area contributed by atoms with E-state index in [1.165, 1.54) is 5.56 Å². The van der Waals surface area contributed by atoms with Gasteiger partial charge in [0.2, 0.25) is 0 Å². The molecule has 1 aromatic rings. The number of hydrogen-bond donors (Lipinski definition) is 1. The van der Waals surface area contributed by atoms with Crippen LogP contribution in [0, 0.1) is 10.8 Å². The van der Waals surface area contributed by atoms with Crippen LogP contribution in [0.1, 0.15) is 60.5 Å². The molecule has 18 heavy (non-hydrogen) atoms. The first-order valence-electron chi connectivity index (χ1n) is 6.75. The van der Waals surface area contributed by atoms with Gasteiger partial charge in [-0.2, -0.15) is 0 Å². The molecule has 0 aliphatic carbocycles. The highest BCUT2D eigenvalue weighted by atomic mass is 16.3. The van der Waals surface area contributed by atoms with Gasteiger partial charge in [0, 0.05) is 0 Å². The van der Waals surface area contributed by atoms with E-state index in [9.17, 15) is 5.11 Å². The molecule has 1 heteroatoms. The molecular weight excluding hydrogens is 220 g/mol. The lowest BCUT2D eigenvalue weighted by atomic mass is 9.58. The summed E-state index contributed by atoms with van der Waals surface area (Å²) < 4.78 is 0. The number of rotatable bonds is 2. The van der Waals surface area contributed by atoms with Gasteiger partial charge in [0.15, 0.2) is 0 Å². The summed E-state index contributed by atoms with van der Waals surface area (Å²) in [6, 6.07) is 7.71. The molecule has 1 rings (SSSR count). The molecular formula is C17H28O. The Bertz CT molecular complexity index is 389. The zero-order chi connectivity index (χ0) is 14.2. The number of phenolic OH excluding ortho intramolecular Hbond substituents is 1. The molecule has 0 saturated carbocycles. The van der Waals surface area contributed by atoms with Crippen molar-refractivity contribution in [2.45, 2.75) is 60.3 Å². The lowest BCUT2D eigenvalue weighted by molar-refractivity contribution is 0.134. The van der Waals surface area contributed by atoms with Crippen LogP contribution in [0.2, 0.25) is 0 Å². The van der Waals surface area contributed by atoms with Crippen LogP contribution in [0.5, 0.6) is 5.75 Å². The fourth-order valence-electron chi connectivity index (χ4n) is 2.69. The predicted molar refractivity (Wildman–Crippen MR) is 79.0 cm³/mol. The maximum absolute atomic E-state index is 9.46. The maximum Gasteiger partial charge on any atom is 0.115 e. The third-order valence-corrected chi connectivity index (χ3v) is 4.04. The van der Waals surface area contributed by atoms with Gasteiger partial charge in [0.1, 0.15) is 5.75 Å². The topological polar surface area (TPSA) is 20.2 Å². The van der Waals surface area contributed by atoms with Gasteiger partial charge in [-0.25, -0.2) is 0 Å². The highest BCUT2D eigenvalue weighted by Gasteiger charge is 2.41. The molecule has 1 N–H and O–H groups in total. The van der Waals surface area contributed by atoms with Crippen LogP contribution in [0.15, 0.2) is 24.3 Å². The van der Waals surface area contributed by atoms with Gasteiger partial charge in [-0.1, -0.05) is 60.6 Å². The molecule has 0 spiro atoms. The van der Waals surface area contributed by atoms with Crippen LogP contribution in [0.3, 0.4) is 0 Å².